The zero-order chi connectivity index (χ0) is 13.4. The van der Waals surface area contributed by atoms with Crippen molar-refractivity contribution in [3.05, 3.63) is 65.9 Å². The molecule has 0 bridgehead atoms. The van der Waals surface area contributed by atoms with Crippen molar-refractivity contribution < 1.29 is 5.10 Å². The highest BCUT2D eigenvalue weighted by molar-refractivity contribution is 5.92. The maximum Gasteiger partial charge on any atom is 0.224 e. The van der Waals surface area contributed by atoms with E-state index >= 15 is 0 Å². The van der Waals surface area contributed by atoms with Crippen LogP contribution in [0.4, 0.5) is 5.82 Å². The quantitative estimate of drug-likeness (QED) is 0.675. The van der Waals surface area contributed by atoms with Gasteiger partial charge in [-0.25, -0.2) is 5.01 Å². The lowest BCUT2D eigenvalue weighted by Crippen LogP contribution is -2.24. The third-order valence-corrected chi connectivity index (χ3v) is 3.55. The summed E-state index contributed by atoms with van der Waals surface area (Å²) in [4.78, 5) is 0. The number of nitrogens with one attached hydrogen (secondary N) is 1. The Labute approximate surface area is 116 Å². The van der Waals surface area contributed by atoms with Gasteiger partial charge in [0.05, 0.1) is 18.1 Å². The summed E-state index contributed by atoms with van der Waals surface area (Å²) in [7, 11) is 0. The van der Waals surface area contributed by atoms with Crippen molar-refractivity contribution in [1.29, 1.82) is 0 Å². The second kappa shape index (κ2) is 4.42. The van der Waals surface area contributed by atoms with Gasteiger partial charge in [-0.05, 0) is 17.2 Å². The first-order valence-electron chi connectivity index (χ1n) is 6.57. The Morgan fingerprint density at radius 2 is 1.85 bits per heavy atom. The molecule has 1 N–H and O–H groups in total. The van der Waals surface area contributed by atoms with Crippen molar-refractivity contribution in [2.24, 2.45) is 5.10 Å². The number of anilines is 1. The zero-order valence-corrected chi connectivity index (χ0v) is 10.8. The minimum absolute atomic E-state index is 0.738. The summed E-state index contributed by atoms with van der Waals surface area (Å²) in [6.07, 6.45) is 3.79. The molecule has 2 aromatic carbocycles. The molecule has 2 heterocycles. The van der Waals surface area contributed by atoms with Gasteiger partial charge in [0.15, 0.2) is 0 Å². The Hall–Kier alpha value is -2.75. The minimum Gasteiger partial charge on any atom is -0.238 e. The number of rotatable bonds is 1. The third kappa shape index (κ3) is 1.73. The monoisotopic (exact) mass is 261 g/mol. The summed E-state index contributed by atoms with van der Waals surface area (Å²) in [5.74, 6) is 0.855. The van der Waals surface area contributed by atoms with E-state index in [0.717, 1.165) is 23.1 Å². The van der Waals surface area contributed by atoms with Crippen LogP contribution >= 0.6 is 0 Å². The lowest BCUT2D eigenvalue weighted by Gasteiger charge is -2.22. The first kappa shape index (κ1) is 11.1. The summed E-state index contributed by atoms with van der Waals surface area (Å²) in [5.41, 5.74) is 2.44. The summed E-state index contributed by atoms with van der Waals surface area (Å²) in [6.45, 7) is 0.738. The van der Waals surface area contributed by atoms with Gasteiger partial charge in [-0.1, -0.05) is 42.5 Å². The molecule has 4 nitrogen and oxygen atoms in total. The number of aromatic amines is 1. The van der Waals surface area contributed by atoms with Gasteiger partial charge in [-0.3, -0.25) is 0 Å². The number of hydrogen-bond acceptors (Lipinski definition) is 3. The van der Waals surface area contributed by atoms with E-state index in [2.05, 4.69) is 45.6 Å². The molecule has 0 fully saturated rings. The van der Waals surface area contributed by atoms with Crippen LogP contribution in [0.3, 0.4) is 0 Å². The zero-order valence-electron chi connectivity index (χ0n) is 10.8. The van der Waals surface area contributed by atoms with E-state index in [4.69, 9.17) is 0 Å². The van der Waals surface area contributed by atoms with Crippen LogP contribution in [0.2, 0.25) is 0 Å². The molecule has 4 heteroatoms. The van der Waals surface area contributed by atoms with Crippen molar-refractivity contribution in [3.63, 3.8) is 0 Å². The van der Waals surface area contributed by atoms with Gasteiger partial charge in [0, 0.05) is 10.5 Å². The first-order chi connectivity index (χ1) is 9.92. The standard InChI is InChI=1S/C16H12N4/c1-2-7-14-11-20(18-10-12(14)5-1)16-15-8-4-3-6-13(15)9-17-19-16/h1-10H,11H2/p+1. The predicted octanol–water partition coefficient (Wildman–Crippen LogP) is 2.40. The fourth-order valence-corrected chi connectivity index (χ4v) is 2.51. The number of aromatic nitrogens is 2. The van der Waals surface area contributed by atoms with Crippen molar-refractivity contribution in [2.75, 3.05) is 5.01 Å². The summed E-state index contributed by atoms with van der Waals surface area (Å²) in [6, 6.07) is 16.5. The maximum atomic E-state index is 4.52. The molecular formula is C16H13N4+. The predicted molar refractivity (Wildman–Crippen MR) is 78.5 cm³/mol. The molecular weight excluding hydrogens is 248 g/mol. The average molecular weight is 261 g/mol. The molecule has 0 spiro atoms. The summed E-state index contributed by atoms with van der Waals surface area (Å²) >= 11 is 0. The smallest absolute Gasteiger partial charge is 0.224 e. The van der Waals surface area contributed by atoms with Crippen molar-refractivity contribution in [1.82, 2.24) is 5.10 Å². The fourth-order valence-electron chi connectivity index (χ4n) is 2.51. The molecule has 0 radical (unpaired) electrons. The van der Waals surface area contributed by atoms with E-state index in [0.29, 0.717) is 0 Å². The molecule has 1 aromatic heterocycles. The number of hydrazone groups is 1. The SMILES string of the molecule is C1=NN(c2n[nH+]cc3ccccc23)Cc2ccccc21. The molecule has 1 aliphatic rings. The van der Waals surface area contributed by atoms with Gasteiger partial charge in [-0.15, -0.1) is 5.10 Å². The van der Waals surface area contributed by atoms with Crippen LogP contribution in [0, 0.1) is 0 Å². The van der Waals surface area contributed by atoms with E-state index in [1.807, 2.05) is 35.6 Å². The molecule has 0 atom stereocenters. The van der Waals surface area contributed by atoms with Crippen LogP contribution in [0.25, 0.3) is 10.8 Å². The maximum absolute atomic E-state index is 4.52. The van der Waals surface area contributed by atoms with Crippen LogP contribution in [0.5, 0.6) is 0 Å². The third-order valence-electron chi connectivity index (χ3n) is 3.55. The topological polar surface area (TPSA) is 42.6 Å². The van der Waals surface area contributed by atoms with Gasteiger partial charge >= 0.3 is 0 Å². The second-order valence-corrected chi connectivity index (χ2v) is 4.80. The highest BCUT2D eigenvalue weighted by Crippen LogP contribution is 2.26. The van der Waals surface area contributed by atoms with Crippen molar-refractivity contribution >= 4 is 22.8 Å². The Bertz CT molecular complexity index is 805. The lowest BCUT2D eigenvalue weighted by atomic mass is 10.1. The first-order valence-corrected chi connectivity index (χ1v) is 6.57. The molecule has 4 rings (SSSR count). The largest absolute Gasteiger partial charge is 0.238 e. The molecule has 20 heavy (non-hydrogen) atoms. The Morgan fingerprint density at radius 3 is 2.85 bits per heavy atom. The Balaban J connectivity index is 1.82. The number of benzene rings is 2. The van der Waals surface area contributed by atoms with Gasteiger partial charge in [0.2, 0.25) is 12.0 Å². The van der Waals surface area contributed by atoms with Crippen molar-refractivity contribution in [3.8, 4) is 0 Å². The molecule has 0 amide bonds. The molecule has 0 saturated carbocycles. The van der Waals surface area contributed by atoms with Crippen molar-refractivity contribution in [2.45, 2.75) is 6.54 Å². The molecule has 96 valence electrons. The summed E-state index contributed by atoms with van der Waals surface area (Å²) < 4.78 is 0. The van der Waals surface area contributed by atoms with Crippen LogP contribution < -0.4 is 10.1 Å². The lowest BCUT2D eigenvalue weighted by molar-refractivity contribution is -0.451. The van der Waals surface area contributed by atoms with Gasteiger partial charge < -0.3 is 0 Å². The van der Waals surface area contributed by atoms with E-state index in [9.17, 15) is 0 Å². The Morgan fingerprint density at radius 1 is 1.00 bits per heavy atom. The molecule has 3 aromatic rings. The van der Waals surface area contributed by atoms with E-state index in [1.165, 1.54) is 11.1 Å². The van der Waals surface area contributed by atoms with Crippen LogP contribution in [-0.4, -0.2) is 11.3 Å². The fraction of sp³-hybridized carbons (Fsp3) is 0.0625. The van der Waals surface area contributed by atoms with Crippen LogP contribution in [-0.2, 0) is 6.54 Å². The molecule has 0 unspecified atom stereocenters. The van der Waals surface area contributed by atoms with E-state index < -0.39 is 0 Å². The van der Waals surface area contributed by atoms with E-state index in [-0.39, 0.29) is 0 Å². The Kier molecular flexibility index (Phi) is 2.45. The number of nitrogens with zero attached hydrogens (tertiary/aromatic N) is 3. The molecule has 0 aliphatic carbocycles. The van der Waals surface area contributed by atoms with Crippen LogP contribution in [0.1, 0.15) is 11.1 Å². The van der Waals surface area contributed by atoms with Gasteiger partial charge in [-0.2, -0.15) is 5.10 Å². The number of hydrogen-bond donors (Lipinski definition) is 0. The number of H-pyrrole nitrogens is 1. The number of fused-ring (bicyclic) bond motifs is 2. The summed E-state index contributed by atoms with van der Waals surface area (Å²) in [5, 5.41) is 16.0. The van der Waals surface area contributed by atoms with E-state index in [1.54, 1.807) is 0 Å². The second-order valence-electron chi connectivity index (χ2n) is 4.80. The van der Waals surface area contributed by atoms with Gasteiger partial charge in [0.25, 0.3) is 0 Å². The molecule has 1 aliphatic heterocycles. The van der Waals surface area contributed by atoms with Crippen LogP contribution in [0.15, 0.2) is 59.8 Å². The average Bonchev–Trinajstić information content (AvgIpc) is 2.54. The minimum atomic E-state index is 0.738. The highest BCUT2D eigenvalue weighted by atomic mass is 15.5. The highest BCUT2D eigenvalue weighted by Gasteiger charge is 2.18. The molecule has 0 saturated heterocycles. The normalized spacial score (nSPS) is 13.5. The van der Waals surface area contributed by atoms with Gasteiger partial charge in [0.1, 0.15) is 0 Å².